The first-order chi connectivity index (χ1) is 24.8. The summed E-state index contributed by atoms with van der Waals surface area (Å²) >= 11 is 1.88. The number of benzene rings is 6. The fraction of sp³-hybridized carbons (Fsp3) is 0.0217. The van der Waals surface area contributed by atoms with Gasteiger partial charge in [-0.3, -0.25) is 4.98 Å². The Bertz CT molecular complexity index is 2460. The van der Waals surface area contributed by atoms with Crippen molar-refractivity contribution < 1.29 is 0 Å². The summed E-state index contributed by atoms with van der Waals surface area (Å²) in [6, 6.07) is 60.8. The molecule has 10 rings (SSSR count). The molecule has 6 aromatic carbocycles. The van der Waals surface area contributed by atoms with Gasteiger partial charge >= 0.3 is 0 Å². The third kappa shape index (κ3) is 4.42. The van der Waals surface area contributed by atoms with Crippen molar-refractivity contribution in [2.24, 2.45) is 0 Å². The monoisotopic (exact) mass is 655 g/mol. The van der Waals surface area contributed by atoms with Crippen molar-refractivity contribution in [2.45, 2.75) is 15.2 Å². The Labute approximate surface area is 295 Å². The number of aromatic nitrogens is 3. The summed E-state index contributed by atoms with van der Waals surface area (Å²) in [6.07, 6.45) is 1.80. The molecule has 0 N–H and O–H groups in total. The van der Waals surface area contributed by atoms with E-state index in [1.165, 1.54) is 48.7 Å². The van der Waals surface area contributed by atoms with Crippen molar-refractivity contribution in [3.8, 4) is 56.3 Å². The van der Waals surface area contributed by atoms with E-state index in [4.69, 9.17) is 9.97 Å². The molecule has 0 saturated heterocycles. The van der Waals surface area contributed by atoms with Crippen LogP contribution in [0.25, 0.3) is 56.3 Å². The second-order valence-electron chi connectivity index (χ2n) is 12.8. The van der Waals surface area contributed by atoms with E-state index < -0.39 is 5.41 Å². The maximum Gasteiger partial charge on any atom is 0.160 e. The molecule has 1 aliphatic carbocycles. The van der Waals surface area contributed by atoms with Gasteiger partial charge in [-0.15, -0.1) is 0 Å². The van der Waals surface area contributed by atoms with Crippen LogP contribution in [0.15, 0.2) is 186 Å². The molecule has 2 aliphatic rings. The van der Waals surface area contributed by atoms with E-state index in [9.17, 15) is 0 Å². The van der Waals surface area contributed by atoms with Gasteiger partial charge in [-0.05, 0) is 80.9 Å². The summed E-state index contributed by atoms with van der Waals surface area (Å²) in [5.41, 5.74) is 14.5. The van der Waals surface area contributed by atoms with E-state index in [1.54, 1.807) is 6.20 Å². The van der Waals surface area contributed by atoms with Crippen LogP contribution in [0.2, 0.25) is 0 Å². The largest absolute Gasteiger partial charge is 0.255 e. The highest BCUT2D eigenvalue weighted by Crippen LogP contribution is 2.62. The molecule has 0 saturated carbocycles. The highest BCUT2D eigenvalue weighted by Gasteiger charge is 2.50. The fourth-order valence-electron chi connectivity index (χ4n) is 7.83. The van der Waals surface area contributed by atoms with Crippen LogP contribution in [-0.4, -0.2) is 15.0 Å². The average Bonchev–Trinajstić information content (AvgIpc) is 3.49. The molecule has 0 amide bonds. The number of pyridine rings is 1. The molecular weight excluding hydrogens is 627 g/mol. The molecule has 3 nitrogen and oxygen atoms in total. The number of hydrogen-bond donors (Lipinski definition) is 0. The van der Waals surface area contributed by atoms with Crippen LogP contribution in [-0.2, 0) is 5.41 Å². The molecule has 3 heterocycles. The van der Waals surface area contributed by atoms with Gasteiger partial charge in [0.05, 0.1) is 22.5 Å². The quantitative estimate of drug-likeness (QED) is 0.189. The van der Waals surface area contributed by atoms with Crippen molar-refractivity contribution in [1.82, 2.24) is 15.0 Å². The second kappa shape index (κ2) is 11.5. The fourth-order valence-corrected chi connectivity index (χ4v) is 9.00. The zero-order valence-electron chi connectivity index (χ0n) is 27.0. The summed E-state index contributed by atoms with van der Waals surface area (Å²) in [5.74, 6) is 0.683. The predicted molar refractivity (Wildman–Crippen MR) is 203 cm³/mol. The predicted octanol–water partition coefficient (Wildman–Crippen LogP) is 11.4. The number of nitrogens with zero attached hydrogens (tertiary/aromatic N) is 3. The van der Waals surface area contributed by atoms with Gasteiger partial charge in [-0.1, -0.05) is 145 Å². The Morgan fingerprint density at radius 3 is 1.72 bits per heavy atom. The van der Waals surface area contributed by atoms with E-state index in [0.29, 0.717) is 5.82 Å². The molecule has 0 fully saturated rings. The van der Waals surface area contributed by atoms with E-state index in [1.807, 2.05) is 66.4 Å². The maximum absolute atomic E-state index is 5.03. The number of hydrogen-bond acceptors (Lipinski definition) is 4. The molecule has 50 heavy (non-hydrogen) atoms. The maximum atomic E-state index is 5.03. The van der Waals surface area contributed by atoms with Gasteiger partial charge in [0.15, 0.2) is 5.82 Å². The van der Waals surface area contributed by atoms with Crippen LogP contribution in [0.4, 0.5) is 0 Å². The molecule has 234 valence electrons. The molecule has 8 aromatic rings. The van der Waals surface area contributed by atoms with Crippen LogP contribution < -0.4 is 0 Å². The van der Waals surface area contributed by atoms with Gasteiger partial charge in [0.1, 0.15) is 0 Å². The van der Waals surface area contributed by atoms with Crippen LogP contribution in [0.1, 0.15) is 22.3 Å². The van der Waals surface area contributed by atoms with Crippen LogP contribution in [0.5, 0.6) is 0 Å². The zero-order chi connectivity index (χ0) is 33.1. The Kier molecular flexibility index (Phi) is 6.64. The standard InChI is InChI=1S/C46H29N3S/c1-2-12-32(13-3-1)45-48-41(29-42(49-45)40-19-10-11-27-47-40)31-23-21-30(22-24-31)33-25-26-44-39(28-33)46(38-18-8-9-20-43(38)50-44)36-16-6-4-14-34(36)35-15-5-7-17-37(35)46/h1-29H. The number of fused-ring (bicyclic) bond motifs is 9. The molecule has 1 aliphatic heterocycles. The number of rotatable bonds is 4. The Balaban J connectivity index is 1.11. The highest BCUT2D eigenvalue weighted by atomic mass is 32.2. The minimum Gasteiger partial charge on any atom is -0.255 e. The van der Waals surface area contributed by atoms with Crippen molar-refractivity contribution in [2.75, 3.05) is 0 Å². The first kappa shape index (κ1) is 28.9. The summed E-state index contributed by atoms with van der Waals surface area (Å²) in [5, 5.41) is 0. The Hall–Kier alpha value is -6.10. The summed E-state index contributed by atoms with van der Waals surface area (Å²) < 4.78 is 0. The van der Waals surface area contributed by atoms with E-state index >= 15 is 0 Å². The minimum absolute atomic E-state index is 0.392. The van der Waals surface area contributed by atoms with Crippen LogP contribution in [0, 0.1) is 0 Å². The van der Waals surface area contributed by atoms with Gasteiger partial charge in [0.2, 0.25) is 0 Å². The molecule has 2 aromatic heterocycles. The van der Waals surface area contributed by atoms with E-state index in [0.717, 1.165) is 33.8 Å². The van der Waals surface area contributed by atoms with Crippen LogP contribution >= 0.6 is 11.8 Å². The molecule has 0 atom stereocenters. The summed E-state index contributed by atoms with van der Waals surface area (Å²) in [4.78, 5) is 17.1. The lowest BCUT2D eigenvalue weighted by Gasteiger charge is -2.40. The first-order valence-corrected chi connectivity index (χ1v) is 17.7. The van der Waals surface area contributed by atoms with Crippen LogP contribution in [0.3, 0.4) is 0 Å². The third-order valence-corrected chi connectivity index (χ3v) is 11.2. The SMILES string of the molecule is c1ccc(-c2nc(-c3ccc(-c4ccc5c(c4)C4(c6ccccc6S5)c5ccccc5-c5ccccc54)cc3)cc(-c3ccccn3)n2)cc1. The topological polar surface area (TPSA) is 38.7 Å². The van der Waals surface area contributed by atoms with E-state index in [-0.39, 0.29) is 0 Å². The highest BCUT2D eigenvalue weighted by molar-refractivity contribution is 7.99. The van der Waals surface area contributed by atoms with Gasteiger partial charge < -0.3 is 0 Å². The minimum atomic E-state index is -0.392. The molecule has 1 spiro atoms. The lowest BCUT2D eigenvalue weighted by atomic mass is 9.67. The van der Waals surface area contributed by atoms with Gasteiger partial charge in [0, 0.05) is 27.1 Å². The zero-order valence-corrected chi connectivity index (χ0v) is 27.8. The molecular formula is C46H29N3S. The summed E-state index contributed by atoms with van der Waals surface area (Å²) in [6.45, 7) is 0. The normalized spacial score (nSPS) is 13.3. The lowest BCUT2D eigenvalue weighted by Crippen LogP contribution is -2.32. The average molecular weight is 656 g/mol. The molecule has 0 bridgehead atoms. The Morgan fingerprint density at radius 2 is 0.980 bits per heavy atom. The second-order valence-corrected chi connectivity index (χ2v) is 13.9. The van der Waals surface area contributed by atoms with Gasteiger partial charge in [-0.25, -0.2) is 9.97 Å². The Morgan fingerprint density at radius 1 is 0.380 bits per heavy atom. The molecule has 4 heteroatoms. The van der Waals surface area contributed by atoms with Gasteiger partial charge in [0.25, 0.3) is 0 Å². The third-order valence-electron chi connectivity index (χ3n) is 10.0. The lowest BCUT2D eigenvalue weighted by molar-refractivity contribution is 0.723. The smallest absolute Gasteiger partial charge is 0.160 e. The van der Waals surface area contributed by atoms with Crippen molar-refractivity contribution >= 4 is 11.8 Å². The van der Waals surface area contributed by atoms with Crippen molar-refractivity contribution in [3.63, 3.8) is 0 Å². The first-order valence-electron chi connectivity index (χ1n) is 16.9. The summed E-state index contributed by atoms with van der Waals surface area (Å²) in [7, 11) is 0. The molecule has 0 unspecified atom stereocenters. The van der Waals surface area contributed by atoms with Crippen molar-refractivity contribution in [3.05, 3.63) is 198 Å². The van der Waals surface area contributed by atoms with E-state index in [2.05, 4.69) is 120 Å². The molecule has 0 radical (unpaired) electrons. The van der Waals surface area contributed by atoms with Crippen molar-refractivity contribution in [1.29, 1.82) is 0 Å². The van der Waals surface area contributed by atoms with Gasteiger partial charge in [-0.2, -0.15) is 0 Å².